The highest BCUT2D eigenvalue weighted by Gasteiger charge is 2.33. The quantitative estimate of drug-likeness (QED) is 0.341. The zero-order valence-corrected chi connectivity index (χ0v) is 18.5. The number of carbonyl (C=O) groups excluding carboxylic acids is 1. The van der Waals surface area contributed by atoms with E-state index in [1.54, 1.807) is 34.5 Å². The van der Waals surface area contributed by atoms with Crippen molar-refractivity contribution in [1.82, 2.24) is 19.6 Å². The zero-order chi connectivity index (χ0) is 22.9. The molecule has 1 amide bonds. The van der Waals surface area contributed by atoms with Crippen LogP contribution in [0.5, 0.6) is 0 Å². The summed E-state index contributed by atoms with van der Waals surface area (Å²) < 4.78 is 54.4. The zero-order valence-electron chi connectivity index (χ0n) is 16.1. The number of hydrogen-bond acceptors (Lipinski definition) is 4. The maximum atomic E-state index is 13.0. The van der Waals surface area contributed by atoms with Crippen LogP contribution in [0.1, 0.15) is 26.5 Å². The fourth-order valence-corrected chi connectivity index (χ4v) is 4.09. The van der Waals surface area contributed by atoms with Crippen LogP contribution in [-0.2, 0) is 19.3 Å². The summed E-state index contributed by atoms with van der Waals surface area (Å²) in [5, 5.41) is 12.2. The Morgan fingerprint density at radius 1 is 1.06 bits per heavy atom. The fourth-order valence-electron chi connectivity index (χ4n) is 2.87. The summed E-state index contributed by atoms with van der Waals surface area (Å²) in [5.41, 5.74) is 0.527. The highest BCUT2D eigenvalue weighted by molar-refractivity contribution is 9.10. The largest absolute Gasteiger partial charge is 0.435 e. The molecule has 0 atom stereocenters. The van der Waals surface area contributed by atoms with Gasteiger partial charge in [0.2, 0.25) is 0 Å². The maximum Gasteiger partial charge on any atom is 0.435 e. The number of anilines is 1. The molecule has 6 nitrogen and oxygen atoms in total. The van der Waals surface area contributed by atoms with Crippen molar-refractivity contribution >= 4 is 39.0 Å². The van der Waals surface area contributed by atoms with Gasteiger partial charge in [-0.2, -0.15) is 23.4 Å². The Labute approximate surface area is 191 Å². The van der Waals surface area contributed by atoms with Gasteiger partial charge in [-0.1, -0.05) is 12.1 Å². The molecule has 0 aliphatic carbocycles. The number of rotatable bonds is 6. The number of nitrogens with one attached hydrogen (secondary N) is 1. The molecule has 1 aromatic carbocycles. The molecular formula is C20H14BrF4N5OS. The van der Waals surface area contributed by atoms with Crippen LogP contribution >= 0.6 is 27.3 Å². The predicted molar refractivity (Wildman–Crippen MR) is 114 cm³/mol. The molecule has 12 heteroatoms. The average molecular weight is 528 g/mol. The summed E-state index contributed by atoms with van der Waals surface area (Å²) in [4.78, 5) is 13.0. The van der Waals surface area contributed by atoms with E-state index in [4.69, 9.17) is 0 Å². The summed E-state index contributed by atoms with van der Waals surface area (Å²) in [6.45, 7) is 0.498. The van der Waals surface area contributed by atoms with Crippen molar-refractivity contribution in [3.63, 3.8) is 0 Å². The first-order valence-electron chi connectivity index (χ1n) is 9.14. The normalized spacial score (nSPS) is 11.7. The van der Waals surface area contributed by atoms with E-state index < -0.39 is 17.8 Å². The lowest BCUT2D eigenvalue weighted by atomic mass is 10.2. The highest BCUT2D eigenvalue weighted by Crippen LogP contribution is 2.28. The summed E-state index contributed by atoms with van der Waals surface area (Å²) in [6, 6.07) is 8.51. The minimum atomic E-state index is -4.50. The third-order valence-corrected chi connectivity index (χ3v) is 5.92. The molecule has 4 aromatic rings. The number of halogens is 5. The van der Waals surface area contributed by atoms with Crippen LogP contribution in [0.4, 0.5) is 23.4 Å². The first kappa shape index (κ1) is 22.2. The van der Waals surface area contributed by atoms with Gasteiger partial charge in [0.1, 0.15) is 5.82 Å². The molecule has 0 aliphatic rings. The number of thiophene rings is 1. The van der Waals surface area contributed by atoms with Crippen LogP contribution in [0, 0.1) is 5.82 Å². The summed E-state index contributed by atoms with van der Waals surface area (Å²) in [5.74, 6) is -0.411. The van der Waals surface area contributed by atoms with Gasteiger partial charge in [-0.25, -0.2) is 4.39 Å². The maximum absolute atomic E-state index is 13.0. The Bertz CT molecular complexity index is 1250. The topological polar surface area (TPSA) is 64.7 Å². The molecule has 0 saturated heterocycles. The van der Waals surface area contributed by atoms with Gasteiger partial charge in [-0.3, -0.25) is 14.2 Å². The molecule has 0 radical (unpaired) electrons. The Morgan fingerprint density at radius 2 is 1.78 bits per heavy atom. The highest BCUT2D eigenvalue weighted by atomic mass is 79.9. The molecule has 1 N–H and O–H groups in total. The number of carbonyl (C=O) groups is 1. The van der Waals surface area contributed by atoms with Crippen LogP contribution in [0.15, 0.2) is 58.6 Å². The van der Waals surface area contributed by atoms with Crippen LogP contribution in [0.3, 0.4) is 0 Å². The van der Waals surface area contributed by atoms with Gasteiger partial charge < -0.3 is 5.32 Å². The Morgan fingerprint density at radius 3 is 2.47 bits per heavy atom. The van der Waals surface area contributed by atoms with Crippen molar-refractivity contribution in [1.29, 1.82) is 0 Å². The molecule has 0 spiro atoms. The molecule has 32 heavy (non-hydrogen) atoms. The van der Waals surface area contributed by atoms with Crippen LogP contribution in [0.2, 0.25) is 0 Å². The van der Waals surface area contributed by atoms with Gasteiger partial charge in [-0.15, -0.1) is 11.3 Å². The van der Waals surface area contributed by atoms with E-state index in [9.17, 15) is 22.4 Å². The Hall–Kier alpha value is -2.99. The van der Waals surface area contributed by atoms with E-state index in [2.05, 4.69) is 31.4 Å². The standard InChI is InChI=1S/C20H14BrF4N5OS/c21-15-10-30(8-12-1-3-14(22)4-2-12)28-18(15)26-19(31)16-7-13(11-32-16)9-29-6-5-17(27-29)20(23,24)25/h1-7,10-11H,8-9H2,(H,26,28,31). The lowest BCUT2D eigenvalue weighted by molar-refractivity contribution is -0.141. The smallest absolute Gasteiger partial charge is 0.303 e. The number of aromatic nitrogens is 4. The van der Waals surface area contributed by atoms with Crippen LogP contribution < -0.4 is 5.32 Å². The first-order valence-corrected chi connectivity index (χ1v) is 10.8. The SMILES string of the molecule is O=C(Nc1nn(Cc2ccc(F)cc2)cc1Br)c1cc(Cn2ccc(C(F)(F)F)n2)cs1. The monoisotopic (exact) mass is 527 g/mol. The number of hydrogen-bond donors (Lipinski definition) is 1. The van der Waals surface area contributed by atoms with Crippen molar-refractivity contribution in [2.24, 2.45) is 0 Å². The predicted octanol–water partition coefficient (Wildman–Crippen LogP) is 5.41. The Balaban J connectivity index is 1.40. The fraction of sp³-hybridized carbons (Fsp3) is 0.150. The second-order valence-electron chi connectivity index (χ2n) is 6.82. The third kappa shape index (κ3) is 5.25. The van der Waals surface area contributed by atoms with Gasteiger partial charge in [0.05, 0.1) is 22.4 Å². The lowest BCUT2D eigenvalue weighted by Crippen LogP contribution is -2.12. The summed E-state index contributed by atoms with van der Waals surface area (Å²) in [6.07, 6.45) is -1.57. The summed E-state index contributed by atoms with van der Waals surface area (Å²) in [7, 11) is 0. The summed E-state index contributed by atoms with van der Waals surface area (Å²) >= 11 is 4.52. The molecule has 0 bridgehead atoms. The molecular weight excluding hydrogens is 514 g/mol. The average Bonchev–Trinajstić information content (AvgIpc) is 3.45. The van der Waals surface area contributed by atoms with Crippen LogP contribution in [0.25, 0.3) is 0 Å². The van der Waals surface area contributed by atoms with Crippen LogP contribution in [-0.4, -0.2) is 25.5 Å². The molecule has 0 aliphatic heterocycles. The van der Waals surface area contributed by atoms with Crippen molar-refractivity contribution in [3.05, 3.63) is 86.2 Å². The van der Waals surface area contributed by atoms with Gasteiger partial charge in [0.25, 0.3) is 5.91 Å². The number of alkyl halides is 3. The van der Waals surface area contributed by atoms with Gasteiger partial charge in [-0.05, 0) is 56.7 Å². The van der Waals surface area contributed by atoms with E-state index >= 15 is 0 Å². The molecule has 166 valence electrons. The third-order valence-electron chi connectivity index (χ3n) is 4.36. The van der Waals surface area contributed by atoms with Crippen molar-refractivity contribution < 1.29 is 22.4 Å². The lowest BCUT2D eigenvalue weighted by Gasteiger charge is -2.02. The Kier molecular flexibility index (Phi) is 6.15. The van der Waals surface area contributed by atoms with Gasteiger partial charge >= 0.3 is 6.18 Å². The van der Waals surface area contributed by atoms with Crippen molar-refractivity contribution in [2.45, 2.75) is 19.3 Å². The van der Waals surface area contributed by atoms with Gasteiger partial charge in [0, 0.05) is 12.4 Å². The molecule has 0 saturated carbocycles. The number of benzene rings is 1. The minimum absolute atomic E-state index is 0.107. The second-order valence-corrected chi connectivity index (χ2v) is 8.58. The van der Waals surface area contributed by atoms with E-state index in [-0.39, 0.29) is 12.4 Å². The number of amides is 1. The molecule has 3 heterocycles. The van der Waals surface area contributed by atoms with Gasteiger partial charge in [0.15, 0.2) is 11.5 Å². The molecule has 4 rings (SSSR count). The first-order chi connectivity index (χ1) is 15.2. The molecule has 0 unspecified atom stereocenters. The molecule has 3 aromatic heterocycles. The molecule has 0 fully saturated rings. The van der Waals surface area contributed by atoms with E-state index in [0.29, 0.717) is 27.3 Å². The van der Waals surface area contributed by atoms with Crippen molar-refractivity contribution in [2.75, 3.05) is 5.32 Å². The minimum Gasteiger partial charge on any atom is -0.303 e. The van der Waals surface area contributed by atoms with E-state index in [1.165, 1.54) is 23.0 Å². The van der Waals surface area contributed by atoms with Crippen molar-refractivity contribution in [3.8, 4) is 0 Å². The second kappa shape index (κ2) is 8.87. The van der Waals surface area contributed by atoms with E-state index in [0.717, 1.165) is 23.0 Å². The van der Waals surface area contributed by atoms with E-state index in [1.807, 2.05) is 0 Å². The number of nitrogens with zero attached hydrogens (tertiary/aromatic N) is 4.